The van der Waals surface area contributed by atoms with Crippen molar-refractivity contribution in [2.24, 2.45) is 5.73 Å². The highest BCUT2D eigenvalue weighted by atomic mass is 79.9. The summed E-state index contributed by atoms with van der Waals surface area (Å²) in [5.41, 5.74) is 7.36. The fourth-order valence-electron chi connectivity index (χ4n) is 1.35. The first-order valence-corrected chi connectivity index (χ1v) is 5.55. The number of primary amides is 1. The zero-order chi connectivity index (χ0) is 11.3. The number of benzene rings is 1. The van der Waals surface area contributed by atoms with Crippen molar-refractivity contribution in [3.05, 3.63) is 35.4 Å². The Kier molecular flexibility index (Phi) is 4.78. The third kappa shape index (κ3) is 3.64. The molecular formula is C11H14BrNO2. The van der Waals surface area contributed by atoms with Crippen LogP contribution >= 0.6 is 15.9 Å². The first-order chi connectivity index (χ1) is 7.15. The molecule has 1 rings (SSSR count). The average molecular weight is 272 g/mol. The summed E-state index contributed by atoms with van der Waals surface area (Å²) < 4.78 is 5.08. The monoisotopic (exact) mass is 271 g/mol. The number of nitrogens with two attached hydrogens (primary N) is 1. The van der Waals surface area contributed by atoms with Crippen LogP contribution in [0, 0.1) is 0 Å². The van der Waals surface area contributed by atoms with Crippen LogP contribution < -0.4 is 5.73 Å². The molecule has 2 N–H and O–H groups in total. The quantitative estimate of drug-likeness (QED) is 0.828. The van der Waals surface area contributed by atoms with E-state index < -0.39 is 0 Å². The topological polar surface area (TPSA) is 52.3 Å². The smallest absolute Gasteiger partial charge is 0.231 e. The van der Waals surface area contributed by atoms with Crippen molar-refractivity contribution in [1.82, 2.24) is 0 Å². The number of halogens is 1. The highest BCUT2D eigenvalue weighted by Crippen LogP contribution is 2.15. The van der Waals surface area contributed by atoms with Crippen LogP contribution in [0.4, 0.5) is 0 Å². The minimum absolute atomic E-state index is 0.324. The third-order valence-electron chi connectivity index (χ3n) is 2.13. The molecule has 0 saturated carbocycles. The van der Waals surface area contributed by atoms with Gasteiger partial charge >= 0.3 is 0 Å². The molecule has 0 aliphatic rings. The molecule has 1 amide bonds. The van der Waals surface area contributed by atoms with E-state index in [9.17, 15) is 4.79 Å². The Balaban J connectivity index is 2.79. The van der Waals surface area contributed by atoms with Gasteiger partial charge in [0.2, 0.25) is 5.91 Å². The predicted molar refractivity (Wildman–Crippen MR) is 62.8 cm³/mol. The van der Waals surface area contributed by atoms with Gasteiger partial charge in [-0.2, -0.15) is 0 Å². The molecule has 0 spiro atoms. The van der Waals surface area contributed by atoms with E-state index in [0.29, 0.717) is 13.0 Å². The van der Waals surface area contributed by atoms with E-state index in [2.05, 4.69) is 15.9 Å². The lowest BCUT2D eigenvalue weighted by Crippen LogP contribution is -2.25. The molecule has 82 valence electrons. The second kappa shape index (κ2) is 5.88. The molecule has 0 aliphatic heterocycles. The molecular weight excluding hydrogens is 258 g/mol. The molecule has 0 aromatic heterocycles. The Morgan fingerprint density at radius 1 is 1.47 bits per heavy atom. The lowest BCUT2D eigenvalue weighted by Gasteiger charge is -2.10. The lowest BCUT2D eigenvalue weighted by atomic mass is 10.0. The summed E-state index contributed by atoms with van der Waals surface area (Å²) in [6.07, 6.45) is 0.592. The Morgan fingerprint density at radius 2 is 2.07 bits per heavy atom. The molecule has 0 radical (unpaired) electrons. The summed E-state index contributed by atoms with van der Waals surface area (Å²) in [5, 5.41) is 0. The van der Waals surface area contributed by atoms with Crippen LogP contribution in [-0.4, -0.2) is 17.8 Å². The van der Waals surface area contributed by atoms with Gasteiger partial charge in [-0.3, -0.25) is 4.79 Å². The van der Waals surface area contributed by atoms with Gasteiger partial charge in [-0.05, 0) is 17.5 Å². The largest absolute Gasteiger partial charge is 0.380 e. The molecule has 1 aromatic rings. The molecule has 4 heteroatoms. The number of carbonyl (C=O) groups is 1. The Bertz CT molecular complexity index is 341. The molecule has 1 aromatic carbocycles. The van der Waals surface area contributed by atoms with Gasteiger partial charge in [0.15, 0.2) is 0 Å². The molecule has 0 bridgehead atoms. The number of alkyl halides is 1. The number of hydrogen-bond acceptors (Lipinski definition) is 2. The molecule has 0 fully saturated rings. The fraction of sp³-hybridized carbons (Fsp3) is 0.364. The maximum atomic E-state index is 10.9. The Labute approximate surface area is 97.7 Å². The highest BCUT2D eigenvalue weighted by Gasteiger charge is 2.13. The normalized spacial score (nSPS) is 12.4. The van der Waals surface area contributed by atoms with Crippen molar-refractivity contribution in [2.45, 2.75) is 17.9 Å². The second-order valence-electron chi connectivity index (χ2n) is 3.28. The van der Waals surface area contributed by atoms with Crippen LogP contribution in [-0.2, 0) is 22.6 Å². The van der Waals surface area contributed by atoms with Crippen molar-refractivity contribution < 1.29 is 9.53 Å². The average Bonchev–Trinajstić information content (AvgIpc) is 2.21. The maximum absolute atomic E-state index is 10.9. The third-order valence-corrected chi connectivity index (χ3v) is 2.90. The number of hydrogen-bond donors (Lipinski definition) is 1. The van der Waals surface area contributed by atoms with Gasteiger partial charge < -0.3 is 10.5 Å². The van der Waals surface area contributed by atoms with Gasteiger partial charge in [0.05, 0.1) is 11.4 Å². The zero-order valence-electron chi connectivity index (χ0n) is 8.57. The summed E-state index contributed by atoms with van der Waals surface area (Å²) in [4.78, 5) is 10.6. The number of rotatable bonds is 5. The molecule has 1 unspecified atom stereocenters. The summed E-state index contributed by atoms with van der Waals surface area (Å²) >= 11 is 3.25. The molecule has 3 nitrogen and oxygen atoms in total. The van der Waals surface area contributed by atoms with Crippen LogP contribution in [0.3, 0.4) is 0 Å². The van der Waals surface area contributed by atoms with Crippen LogP contribution in [0.1, 0.15) is 11.1 Å². The number of amides is 1. The first-order valence-electron chi connectivity index (χ1n) is 4.64. The van der Waals surface area contributed by atoms with Crippen LogP contribution in [0.5, 0.6) is 0 Å². The van der Waals surface area contributed by atoms with Crippen LogP contribution in [0.2, 0.25) is 0 Å². The van der Waals surface area contributed by atoms with Crippen molar-refractivity contribution in [2.75, 3.05) is 7.11 Å². The van der Waals surface area contributed by atoms with Crippen LogP contribution in [0.15, 0.2) is 24.3 Å². The van der Waals surface area contributed by atoms with Gasteiger partial charge in [0, 0.05) is 7.11 Å². The zero-order valence-corrected chi connectivity index (χ0v) is 10.2. The number of carbonyl (C=O) groups excluding carboxylic acids is 1. The Hall–Kier alpha value is -0.870. The molecule has 0 aliphatic carbocycles. The summed E-state index contributed by atoms with van der Waals surface area (Å²) in [6, 6.07) is 7.85. The number of ether oxygens (including phenoxy) is 1. The fourth-order valence-corrected chi connectivity index (χ4v) is 1.70. The standard InChI is InChI=1S/C11H14BrNO2/c1-15-7-9-5-3-2-4-8(9)6-10(12)11(13)14/h2-5,10H,6-7H2,1H3,(H2,13,14). The lowest BCUT2D eigenvalue weighted by molar-refractivity contribution is -0.117. The summed E-state index contributed by atoms with van der Waals surface area (Å²) in [5.74, 6) is -0.345. The van der Waals surface area contributed by atoms with E-state index in [0.717, 1.165) is 11.1 Å². The van der Waals surface area contributed by atoms with E-state index in [1.54, 1.807) is 7.11 Å². The van der Waals surface area contributed by atoms with Gasteiger partial charge in [-0.1, -0.05) is 40.2 Å². The van der Waals surface area contributed by atoms with Crippen LogP contribution in [0.25, 0.3) is 0 Å². The highest BCUT2D eigenvalue weighted by molar-refractivity contribution is 9.10. The molecule has 0 heterocycles. The second-order valence-corrected chi connectivity index (χ2v) is 4.38. The molecule has 1 atom stereocenters. The van der Waals surface area contributed by atoms with E-state index in [4.69, 9.17) is 10.5 Å². The minimum atomic E-state index is -0.345. The van der Waals surface area contributed by atoms with Crippen molar-refractivity contribution >= 4 is 21.8 Å². The van der Waals surface area contributed by atoms with Crippen molar-refractivity contribution in [3.63, 3.8) is 0 Å². The van der Waals surface area contributed by atoms with Gasteiger partial charge in [-0.15, -0.1) is 0 Å². The molecule has 15 heavy (non-hydrogen) atoms. The van der Waals surface area contributed by atoms with E-state index >= 15 is 0 Å². The van der Waals surface area contributed by atoms with E-state index in [1.165, 1.54) is 0 Å². The molecule has 0 saturated heterocycles. The van der Waals surface area contributed by atoms with Gasteiger partial charge in [0.1, 0.15) is 0 Å². The predicted octanol–water partition coefficient (Wildman–Crippen LogP) is 1.62. The summed E-state index contributed by atoms with van der Waals surface area (Å²) in [6.45, 7) is 0.550. The first kappa shape index (κ1) is 12.2. The Morgan fingerprint density at radius 3 is 2.60 bits per heavy atom. The summed E-state index contributed by atoms with van der Waals surface area (Å²) in [7, 11) is 1.65. The SMILES string of the molecule is COCc1ccccc1CC(Br)C(N)=O. The number of methoxy groups -OCH3 is 1. The van der Waals surface area contributed by atoms with E-state index in [1.807, 2.05) is 24.3 Å². The maximum Gasteiger partial charge on any atom is 0.231 e. The van der Waals surface area contributed by atoms with Crippen molar-refractivity contribution in [3.8, 4) is 0 Å². The van der Waals surface area contributed by atoms with Gasteiger partial charge in [0.25, 0.3) is 0 Å². The minimum Gasteiger partial charge on any atom is -0.380 e. The van der Waals surface area contributed by atoms with E-state index in [-0.39, 0.29) is 10.7 Å². The van der Waals surface area contributed by atoms with Gasteiger partial charge in [-0.25, -0.2) is 0 Å². The van der Waals surface area contributed by atoms with Crippen molar-refractivity contribution in [1.29, 1.82) is 0 Å².